The van der Waals surface area contributed by atoms with Gasteiger partial charge in [-0.3, -0.25) is 4.90 Å². The van der Waals surface area contributed by atoms with Crippen LogP contribution in [0, 0.1) is 0 Å². The zero-order chi connectivity index (χ0) is 12.8. The first-order valence-corrected chi connectivity index (χ1v) is 6.70. The van der Waals surface area contributed by atoms with Crippen LogP contribution < -0.4 is 0 Å². The molecule has 0 aromatic heterocycles. The lowest BCUT2D eigenvalue weighted by Gasteiger charge is -2.20. The third kappa shape index (κ3) is 2.99. The van der Waals surface area contributed by atoms with Gasteiger partial charge in [-0.1, -0.05) is 68.4 Å². The predicted molar refractivity (Wildman–Crippen MR) is 78.5 cm³/mol. The average molecular weight is 239 g/mol. The van der Waals surface area contributed by atoms with E-state index in [0.717, 1.165) is 19.6 Å². The maximum Gasteiger partial charge on any atom is 0.0239 e. The maximum atomic E-state index is 2.45. The summed E-state index contributed by atoms with van der Waals surface area (Å²) in [4.78, 5) is 2.45. The molecule has 0 saturated carbocycles. The highest BCUT2D eigenvalue weighted by Crippen LogP contribution is 2.24. The fourth-order valence-electron chi connectivity index (χ4n) is 2.25. The topological polar surface area (TPSA) is 3.24 Å². The lowest BCUT2D eigenvalue weighted by Crippen LogP contribution is -2.22. The molecule has 0 radical (unpaired) electrons. The van der Waals surface area contributed by atoms with Crippen LogP contribution in [-0.4, -0.2) is 18.0 Å². The highest BCUT2D eigenvalue weighted by molar-refractivity contribution is 5.67. The fourth-order valence-corrected chi connectivity index (χ4v) is 2.25. The van der Waals surface area contributed by atoms with E-state index in [1.807, 2.05) is 0 Å². The molecule has 0 heterocycles. The van der Waals surface area contributed by atoms with Crippen LogP contribution in [0.5, 0.6) is 0 Å². The zero-order valence-electron chi connectivity index (χ0n) is 11.3. The van der Waals surface area contributed by atoms with Crippen LogP contribution in [-0.2, 0) is 6.54 Å². The molecule has 0 aliphatic carbocycles. The summed E-state index contributed by atoms with van der Waals surface area (Å²) in [6, 6.07) is 19.3. The molecule has 0 aliphatic heterocycles. The maximum absolute atomic E-state index is 2.45. The molecule has 0 N–H and O–H groups in total. The van der Waals surface area contributed by atoms with Gasteiger partial charge in [-0.15, -0.1) is 0 Å². The highest BCUT2D eigenvalue weighted by atomic mass is 15.1. The Morgan fingerprint density at radius 1 is 0.778 bits per heavy atom. The third-order valence-corrected chi connectivity index (χ3v) is 3.39. The van der Waals surface area contributed by atoms with Crippen molar-refractivity contribution >= 4 is 0 Å². The normalized spacial score (nSPS) is 10.8. The van der Waals surface area contributed by atoms with Crippen LogP contribution in [0.1, 0.15) is 19.4 Å². The van der Waals surface area contributed by atoms with Gasteiger partial charge in [0.05, 0.1) is 0 Å². The number of hydrogen-bond acceptors (Lipinski definition) is 1. The van der Waals surface area contributed by atoms with Gasteiger partial charge in [0, 0.05) is 6.54 Å². The molecule has 0 aliphatic rings. The number of hydrogen-bond donors (Lipinski definition) is 0. The van der Waals surface area contributed by atoms with E-state index in [9.17, 15) is 0 Å². The van der Waals surface area contributed by atoms with Gasteiger partial charge in [-0.25, -0.2) is 0 Å². The van der Waals surface area contributed by atoms with Gasteiger partial charge >= 0.3 is 0 Å². The minimum Gasteiger partial charge on any atom is -0.300 e. The summed E-state index contributed by atoms with van der Waals surface area (Å²) in [5.41, 5.74) is 4.07. The standard InChI is InChI=1S/C17H21N/c1-3-18(4-2)14-16-12-8-9-13-17(16)15-10-6-5-7-11-15/h5-13H,3-4,14H2,1-2H3. The van der Waals surface area contributed by atoms with Crippen molar-refractivity contribution in [2.24, 2.45) is 0 Å². The Kier molecular flexibility index (Phi) is 4.54. The molecule has 0 atom stereocenters. The second-order valence-electron chi connectivity index (χ2n) is 4.48. The van der Waals surface area contributed by atoms with E-state index in [2.05, 4.69) is 73.3 Å². The van der Waals surface area contributed by atoms with E-state index < -0.39 is 0 Å². The molecule has 18 heavy (non-hydrogen) atoms. The molecule has 2 aromatic carbocycles. The highest BCUT2D eigenvalue weighted by Gasteiger charge is 2.07. The lowest BCUT2D eigenvalue weighted by molar-refractivity contribution is 0.296. The lowest BCUT2D eigenvalue weighted by atomic mass is 9.99. The first-order valence-electron chi connectivity index (χ1n) is 6.70. The fraction of sp³-hybridized carbons (Fsp3) is 0.294. The van der Waals surface area contributed by atoms with Crippen molar-refractivity contribution in [3.63, 3.8) is 0 Å². The Labute approximate surface area is 110 Å². The minimum absolute atomic E-state index is 1.03. The Morgan fingerprint density at radius 3 is 2.06 bits per heavy atom. The van der Waals surface area contributed by atoms with E-state index in [-0.39, 0.29) is 0 Å². The van der Waals surface area contributed by atoms with E-state index in [0.29, 0.717) is 0 Å². The first-order chi connectivity index (χ1) is 8.85. The molecule has 0 amide bonds. The van der Waals surface area contributed by atoms with Crippen LogP contribution in [0.4, 0.5) is 0 Å². The van der Waals surface area contributed by atoms with Gasteiger partial charge in [-0.2, -0.15) is 0 Å². The van der Waals surface area contributed by atoms with Crippen LogP contribution in [0.3, 0.4) is 0 Å². The van der Waals surface area contributed by atoms with E-state index in [1.165, 1.54) is 16.7 Å². The van der Waals surface area contributed by atoms with Crippen LogP contribution >= 0.6 is 0 Å². The molecular weight excluding hydrogens is 218 g/mol. The van der Waals surface area contributed by atoms with Gasteiger partial charge in [0.15, 0.2) is 0 Å². The summed E-state index contributed by atoms with van der Waals surface area (Å²) in [7, 11) is 0. The summed E-state index contributed by atoms with van der Waals surface area (Å²) < 4.78 is 0. The molecular formula is C17H21N. The van der Waals surface area contributed by atoms with Gasteiger partial charge in [0.25, 0.3) is 0 Å². The van der Waals surface area contributed by atoms with Crippen molar-refractivity contribution in [2.75, 3.05) is 13.1 Å². The van der Waals surface area contributed by atoms with Crippen molar-refractivity contribution in [3.8, 4) is 11.1 Å². The number of nitrogens with zero attached hydrogens (tertiary/aromatic N) is 1. The quantitative estimate of drug-likeness (QED) is 0.756. The summed E-state index contributed by atoms with van der Waals surface area (Å²) in [6.07, 6.45) is 0. The monoisotopic (exact) mass is 239 g/mol. The summed E-state index contributed by atoms with van der Waals surface area (Å²) >= 11 is 0. The van der Waals surface area contributed by atoms with Crippen molar-refractivity contribution in [2.45, 2.75) is 20.4 Å². The molecule has 0 unspecified atom stereocenters. The Morgan fingerprint density at radius 2 is 1.39 bits per heavy atom. The van der Waals surface area contributed by atoms with Crippen LogP contribution in [0.25, 0.3) is 11.1 Å². The van der Waals surface area contributed by atoms with Gasteiger partial charge in [0.1, 0.15) is 0 Å². The largest absolute Gasteiger partial charge is 0.300 e. The summed E-state index contributed by atoms with van der Waals surface area (Å²) in [5, 5.41) is 0. The predicted octanol–water partition coefficient (Wildman–Crippen LogP) is 4.20. The SMILES string of the molecule is CCN(CC)Cc1ccccc1-c1ccccc1. The molecule has 2 rings (SSSR count). The van der Waals surface area contributed by atoms with Crippen LogP contribution in [0.15, 0.2) is 54.6 Å². The van der Waals surface area contributed by atoms with Crippen molar-refractivity contribution in [1.82, 2.24) is 4.90 Å². The molecule has 1 heteroatoms. The second kappa shape index (κ2) is 6.36. The minimum atomic E-state index is 1.03. The number of rotatable bonds is 5. The number of benzene rings is 2. The smallest absolute Gasteiger partial charge is 0.0239 e. The second-order valence-corrected chi connectivity index (χ2v) is 4.48. The molecule has 94 valence electrons. The van der Waals surface area contributed by atoms with E-state index in [4.69, 9.17) is 0 Å². The third-order valence-electron chi connectivity index (χ3n) is 3.39. The summed E-state index contributed by atoms with van der Waals surface area (Å²) in [6.45, 7) is 7.65. The van der Waals surface area contributed by atoms with E-state index in [1.54, 1.807) is 0 Å². The molecule has 0 fully saturated rings. The van der Waals surface area contributed by atoms with Crippen LogP contribution in [0.2, 0.25) is 0 Å². The molecule has 0 bridgehead atoms. The summed E-state index contributed by atoms with van der Waals surface area (Å²) in [5.74, 6) is 0. The Hall–Kier alpha value is -1.60. The Balaban J connectivity index is 2.31. The van der Waals surface area contributed by atoms with Crippen molar-refractivity contribution in [3.05, 3.63) is 60.2 Å². The first kappa shape index (κ1) is 12.8. The zero-order valence-corrected chi connectivity index (χ0v) is 11.3. The Bertz CT molecular complexity index is 472. The average Bonchev–Trinajstić information content (AvgIpc) is 2.46. The molecule has 1 nitrogen and oxygen atoms in total. The van der Waals surface area contributed by atoms with Gasteiger partial charge in [-0.05, 0) is 29.8 Å². The van der Waals surface area contributed by atoms with Gasteiger partial charge in [0.2, 0.25) is 0 Å². The molecule has 0 spiro atoms. The molecule has 0 saturated heterocycles. The van der Waals surface area contributed by atoms with Crippen molar-refractivity contribution < 1.29 is 0 Å². The van der Waals surface area contributed by atoms with E-state index >= 15 is 0 Å². The van der Waals surface area contributed by atoms with Crippen molar-refractivity contribution in [1.29, 1.82) is 0 Å². The molecule has 2 aromatic rings. The van der Waals surface area contributed by atoms with Gasteiger partial charge < -0.3 is 0 Å².